The van der Waals surface area contributed by atoms with Crippen molar-refractivity contribution in [2.75, 3.05) is 26.4 Å². The van der Waals surface area contributed by atoms with Crippen LogP contribution in [0.2, 0.25) is 0 Å². The first kappa shape index (κ1) is 16.9. The SMILES string of the molecule is O=C(CO)OCCCCCCCCOC(=O)CO. The van der Waals surface area contributed by atoms with E-state index < -0.39 is 25.2 Å². The highest BCUT2D eigenvalue weighted by Crippen LogP contribution is 2.05. The van der Waals surface area contributed by atoms with Crippen LogP contribution in [0.4, 0.5) is 0 Å². The largest absolute Gasteiger partial charge is 0.464 e. The molecule has 0 aliphatic rings. The zero-order valence-corrected chi connectivity index (χ0v) is 10.6. The smallest absolute Gasteiger partial charge is 0.331 e. The monoisotopic (exact) mass is 262 g/mol. The highest BCUT2D eigenvalue weighted by Gasteiger charge is 1.99. The van der Waals surface area contributed by atoms with Crippen molar-refractivity contribution in [2.24, 2.45) is 0 Å². The molecule has 0 bridgehead atoms. The van der Waals surface area contributed by atoms with Gasteiger partial charge in [-0.15, -0.1) is 0 Å². The fourth-order valence-corrected chi connectivity index (χ4v) is 1.37. The Morgan fingerprint density at radius 2 is 1.00 bits per heavy atom. The molecule has 0 aromatic heterocycles. The van der Waals surface area contributed by atoms with E-state index >= 15 is 0 Å². The van der Waals surface area contributed by atoms with Gasteiger partial charge in [0.05, 0.1) is 13.2 Å². The van der Waals surface area contributed by atoms with Gasteiger partial charge in [0.1, 0.15) is 13.2 Å². The maximum Gasteiger partial charge on any atom is 0.331 e. The lowest BCUT2D eigenvalue weighted by Gasteiger charge is -2.04. The number of carbonyl (C=O) groups excluding carboxylic acids is 2. The van der Waals surface area contributed by atoms with E-state index in [2.05, 4.69) is 0 Å². The first-order chi connectivity index (χ1) is 8.70. The number of rotatable bonds is 11. The summed E-state index contributed by atoms with van der Waals surface area (Å²) in [6.45, 7) is -0.417. The molecule has 0 aromatic carbocycles. The van der Waals surface area contributed by atoms with Crippen LogP contribution in [-0.2, 0) is 19.1 Å². The highest BCUT2D eigenvalue weighted by molar-refractivity contribution is 5.70. The summed E-state index contributed by atoms with van der Waals surface area (Å²) in [5, 5.41) is 16.8. The molecule has 0 radical (unpaired) electrons. The average molecular weight is 262 g/mol. The Bertz CT molecular complexity index is 205. The van der Waals surface area contributed by atoms with E-state index in [1.807, 2.05) is 0 Å². The van der Waals surface area contributed by atoms with E-state index in [9.17, 15) is 9.59 Å². The molecule has 18 heavy (non-hydrogen) atoms. The molecule has 0 saturated heterocycles. The molecule has 6 nitrogen and oxygen atoms in total. The Hall–Kier alpha value is -1.14. The summed E-state index contributed by atoms with van der Waals surface area (Å²) in [6, 6.07) is 0. The summed E-state index contributed by atoms with van der Waals surface area (Å²) in [4.78, 5) is 21.1. The first-order valence-electron chi connectivity index (χ1n) is 6.23. The van der Waals surface area contributed by atoms with E-state index in [0.29, 0.717) is 13.2 Å². The minimum absolute atomic E-state index is 0.355. The average Bonchev–Trinajstić information content (AvgIpc) is 2.40. The van der Waals surface area contributed by atoms with Gasteiger partial charge in [0.15, 0.2) is 0 Å². The first-order valence-corrected chi connectivity index (χ1v) is 6.23. The van der Waals surface area contributed by atoms with Crippen molar-refractivity contribution < 1.29 is 29.3 Å². The Labute approximate surface area is 107 Å². The van der Waals surface area contributed by atoms with Gasteiger partial charge >= 0.3 is 11.9 Å². The zero-order valence-electron chi connectivity index (χ0n) is 10.6. The molecule has 0 unspecified atom stereocenters. The minimum atomic E-state index is -0.583. The lowest BCUT2D eigenvalue weighted by atomic mass is 10.1. The standard InChI is InChI=1S/C12H22O6/c13-9-11(15)17-7-5-3-1-2-4-6-8-18-12(16)10-14/h13-14H,1-10H2. The van der Waals surface area contributed by atoms with Crippen molar-refractivity contribution in [1.82, 2.24) is 0 Å². The quantitative estimate of drug-likeness (QED) is 0.413. The topological polar surface area (TPSA) is 93.1 Å². The second-order valence-corrected chi connectivity index (χ2v) is 3.88. The summed E-state index contributed by atoms with van der Waals surface area (Å²) in [5.74, 6) is -1.17. The zero-order chi connectivity index (χ0) is 13.6. The normalized spacial score (nSPS) is 10.1. The number of aliphatic hydroxyl groups is 2. The third kappa shape index (κ3) is 11.3. The van der Waals surface area contributed by atoms with Gasteiger partial charge < -0.3 is 19.7 Å². The van der Waals surface area contributed by atoms with Crippen molar-refractivity contribution in [1.29, 1.82) is 0 Å². The van der Waals surface area contributed by atoms with E-state index in [0.717, 1.165) is 38.5 Å². The number of ether oxygens (including phenoxy) is 2. The Morgan fingerprint density at radius 1 is 0.667 bits per heavy atom. The summed E-state index contributed by atoms with van der Waals surface area (Å²) < 4.78 is 9.41. The molecule has 0 atom stereocenters. The number of esters is 2. The molecule has 0 aromatic rings. The van der Waals surface area contributed by atoms with Crippen molar-refractivity contribution in [2.45, 2.75) is 38.5 Å². The predicted octanol–water partition coefficient (Wildman–Crippen LogP) is 0.398. The maximum atomic E-state index is 10.6. The number of hydrogen-bond acceptors (Lipinski definition) is 6. The van der Waals surface area contributed by atoms with Crippen LogP contribution in [0.25, 0.3) is 0 Å². The molecular weight excluding hydrogens is 240 g/mol. The van der Waals surface area contributed by atoms with Gasteiger partial charge in [0, 0.05) is 0 Å². The molecule has 0 heterocycles. The Kier molecular flexibility index (Phi) is 11.5. The van der Waals surface area contributed by atoms with Gasteiger partial charge in [-0.3, -0.25) is 0 Å². The van der Waals surface area contributed by atoms with Crippen LogP contribution in [0, 0.1) is 0 Å². The molecule has 2 N–H and O–H groups in total. The van der Waals surface area contributed by atoms with Crippen molar-refractivity contribution in [3.8, 4) is 0 Å². The van der Waals surface area contributed by atoms with Gasteiger partial charge in [-0.05, 0) is 12.8 Å². The third-order valence-corrected chi connectivity index (χ3v) is 2.32. The molecule has 0 aliphatic heterocycles. The van der Waals surface area contributed by atoms with Crippen LogP contribution in [0.15, 0.2) is 0 Å². The molecule has 0 fully saturated rings. The van der Waals surface area contributed by atoms with E-state index in [-0.39, 0.29) is 0 Å². The number of aliphatic hydroxyl groups excluding tert-OH is 2. The predicted molar refractivity (Wildman–Crippen MR) is 63.8 cm³/mol. The second-order valence-electron chi connectivity index (χ2n) is 3.88. The van der Waals surface area contributed by atoms with Crippen LogP contribution in [0.3, 0.4) is 0 Å². The van der Waals surface area contributed by atoms with Crippen molar-refractivity contribution in [3.05, 3.63) is 0 Å². The molecule has 106 valence electrons. The number of unbranched alkanes of at least 4 members (excludes halogenated alkanes) is 5. The lowest BCUT2D eigenvalue weighted by molar-refractivity contribution is -0.147. The number of hydrogen-bond donors (Lipinski definition) is 2. The van der Waals surface area contributed by atoms with Gasteiger partial charge in [-0.25, -0.2) is 9.59 Å². The van der Waals surface area contributed by atoms with Crippen LogP contribution in [0.1, 0.15) is 38.5 Å². The van der Waals surface area contributed by atoms with Crippen LogP contribution >= 0.6 is 0 Å². The van der Waals surface area contributed by atoms with Gasteiger partial charge in [-0.2, -0.15) is 0 Å². The summed E-state index contributed by atoms with van der Waals surface area (Å²) >= 11 is 0. The molecule has 0 spiro atoms. The van der Waals surface area contributed by atoms with Gasteiger partial charge in [-0.1, -0.05) is 25.7 Å². The van der Waals surface area contributed by atoms with Crippen LogP contribution in [-0.4, -0.2) is 48.6 Å². The molecule has 0 aliphatic carbocycles. The van der Waals surface area contributed by atoms with Crippen LogP contribution in [0.5, 0.6) is 0 Å². The summed E-state index contributed by atoms with van der Waals surface area (Å²) in [5.41, 5.74) is 0. The van der Waals surface area contributed by atoms with Crippen LogP contribution < -0.4 is 0 Å². The number of carbonyl (C=O) groups is 2. The molecule has 0 rings (SSSR count). The molecule has 0 saturated carbocycles. The van der Waals surface area contributed by atoms with Gasteiger partial charge in [0.2, 0.25) is 0 Å². The second kappa shape index (κ2) is 12.3. The summed E-state index contributed by atoms with van der Waals surface area (Å²) in [7, 11) is 0. The van der Waals surface area contributed by atoms with E-state index in [1.165, 1.54) is 0 Å². The molecule has 6 heteroatoms. The van der Waals surface area contributed by atoms with Gasteiger partial charge in [0.25, 0.3) is 0 Å². The Balaban J connectivity index is 3.07. The molecular formula is C12H22O6. The van der Waals surface area contributed by atoms with Crippen molar-refractivity contribution in [3.63, 3.8) is 0 Å². The molecule has 0 amide bonds. The third-order valence-electron chi connectivity index (χ3n) is 2.32. The van der Waals surface area contributed by atoms with Crippen molar-refractivity contribution >= 4 is 11.9 Å². The summed E-state index contributed by atoms with van der Waals surface area (Å²) in [6.07, 6.45) is 5.59. The lowest BCUT2D eigenvalue weighted by Crippen LogP contribution is -2.10. The minimum Gasteiger partial charge on any atom is -0.464 e. The van der Waals surface area contributed by atoms with E-state index in [1.54, 1.807) is 0 Å². The highest BCUT2D eigenvalue weighted by atomic mass is 16.5. The maximum absolute atomic E-state index is 10.6. The van der Waals surface area contributed by atoms with E-state index in [4.69, 9.17) is 19.7 Å². The Morgan fingerprint density at radius 3 is 1.33 bits per heavy atom. The fourth-order valence-electron chi connectivity index (χ4n) is 1.37. The fraction of sp³-hybridized carbons (Fsp3) is 0.833.